The first-order chi connectivity index (χ1) is 27.8. The summed E-state index contributed by atoms with van der Waals surface area (Å²) < 4.78 is 32.5. The lowest BCUT2D eigenvalue weighted by atomic mass is 10.1. The van der Waals surface area contributed by atoms with E-state index < -0.39 is 32.5 Å². The van der Waals surface area contributed by atoms with Gasteiger partial charge < -0.3 is 20.1 Å². The summed E-state index contributed by atoms with van der Waals surface area (Å²) in [7, 11) is -4.42. The van der Waals surface area contributed by atoms with Crippen LogP contribution in [0.1, 0.15) is 181 Å². The van der Waals surface area contributed by atoms with E-state index in [-0.39, 0.29) is 26.2 Å². The van der Waals surface area contributed by atoms with Crippen molar-refractivity contribution in [3.05, 3.63) is 72.9 Å². The fourth-order valence-electron chi connectivity index (χ4n) is 5.83. The Hall–Kier alpha value is -2.55. The van der Waals surface area contributed by atoms with E-state index in [1.807, 2.05) is 18.2 Å². The lowest BCUT2D eigenvalue weighted by molar-refractivity contribution is -0.159. The molecule has 0 fully saturated rings. The van der Waals surface area contributed by atoms with Crippen molar-refractivity contribution >= 4 is 19.8 Å². The number of carbonyl (C=O) groups excluding carboxylic acids is 2. The van der Waals surface area contributed by atoms with Gasteiger partial charge in [-0.2, -0.15) is 0 Å². The van der Waals surface area contributed by atoms with Gasteiger partial charge in [0.2, 0.25) is 0 Å². The number of phosphoric acid groups is 1. The fraction of sp³-hybridized carbons (Fsp3) is 0.702. The van der Waals surface area contributed by atoms with Crippen molar-refractivity contribution in [1.29, 1.82) is 0 Å². The Labute approximate surface area is 348 Å². The van der Waals surface area contributed by atoms with Crippen LogP contribution in [0.2, 0.25) is 0 Å². The van der Waals surface area contributed by atoms with E-state index in [0.29, 0.717) is 12.8 Å². The molecule has 0 saturated carbocycles. The van der Waals surface area contributed by atoms with Crippen LogP contribution in [0.3, 0.4) is 0 Å². The third-order valence-electron chi connectivity index (χ3n) is 9.17. The van der Waals surface area contributed by atoms with Crippen molar-refractivity contribution in [3.8, 4) is 0 Å². The number of hydrogen-bond acceptors (Lipinski definition) is 8. The minimum Gasteiger partial charge on any atom is -0.458 e. The van der Waals surface area contributed by atoms with E-state index in [1.54, 1.807) is 6.08 Å². The molecule has 0 rings (SSSR count). The van der Waals surface area contributed by atoms with Crippen molar-refractivity contribution in [2.24, 2.45) is 5.73 Å². The molecule has 0 spiro atoms. The van der Waals surface area contributed by atoms with Crippen LogP contribution in [0, 0.1) is 0 Å². The molecule has 0 heterocycles. The van der Waals surface area contributed by atoms with Crippen LogP contribution in [0.4, 0.5) is 0 Å². The zero-order chi connectivity index (χ0) is 41.8. The molecule has 0 aliphatic carbocycles. The SMILES string of the molecule is CCCCCCCCC/C=C/C/C=C/C/C=C/C/C=C/CCCC(=O)O[C@H](COC(=O)/C=C/C=C/CCCCCCCCCCCCC)COP(=O)(O)OCCN. The first-order valence-electron chi connectivity index (χ1n) is 22.5. The van der Waals surface area contributed by atoms with Gasteiger partial charge in [-0.1, -0.05) is 183 Å². The summed E-state index contributed by atoms with van der Waals surface area (Å²) in [5, 5.41) is 0. The molecule has 0 bridgehead atoms. The minimum atomic E-state index is -4.42. The third kappa shape index (κ3) is 42.9. The topological polar surface area (TPSA) is 134 Å². The average molecular weight is 820 g/mol. The highest BCUT2D eigenvalue weighted by Gasteiger charge is 2.25. The van der Waals surface area contributed by atoms with Crippen LogP contribution < -0.4 is 5.73 Å². The van der Waals surface area contributed by atoms with Gasteiger partial charge in [-0.25, -0.2) is 9.36 Å². The average Bonchev–Trinajstić information content (AvgIpc) is 3.20. The maximum atomic E-state index is 12.6. The van der Waals surface area contributed by atoms with Crippen molar-refractivity contribution in [2.45, 2.75) is 187 Å². The van der Waals surface area contributed by atoms with Crippen LogP contribution in [0.25, 0.3) is 0 Å². The second-order valence-corrected chi connectivity index (χ2v) is 16.1. The van der Waals surface area contributed by atoms with Gasteiger partial charge in [-0.3, -0.25) is 13.8 Å². The number of ether oxygens (including phenoxy) is 2. The lowest BCUT2D eigenvalue weighted by Gasteiger charge is -2.19. The molecular formula is C47H82NO8P. The van der Waals surface area contributed by atoms with Gasteiger partial charge >= 0.3 is 19.8 Å². The molecule has 0 aliphatic rings. The van der Waals surface area contributed by atoms with Gasteiger partial charge in [-0.15, -0.1) is 0 Å². The Morgan fingerprint density at radius 2 is 1.04 bits per heavy atom. The highest BCUT2D eigenvalue weighted by molar-refractivity contribution is 7.47. The summed E-state index contributed by atoms with van der Waals surface area (Å²) >= 11 is 0. The van der Waals surface area contributed by atoms with Crippen LogP contribution in [-0.4, -0.2) is 49.3 Å². The summed E-state index contributed by atoms with van der Waals surface area (Å²) in [5.41, 5.74) is 5.34. The molecule has 0 aromatic rings. The molecule has 2 atom stereocenters. The Kier molecular flexibility index (Phi) is 41.1. The molecule has 0 amide bonds. The molecule has 9 nitrogen and oxygen atoms in total. The standard InChI is InChI=1S/C47H82NO8P/c1-3-5-7-9-11-13-15-17-19-20-21-22-23-24-26-28-30-32-34-36-38-40-47(50)56-45(44-55-57(51,52)54-42-41-48)43-53-46(49)39-37-35-33-31-29-27-25-18-16-14-12-10-8-6-4-2/h19-20,22-23,26,28,32-35,37,39,45H,3-18,21,24-25,27,29-31,36,38,40-44,48H2,1-2H3,(H,51,52)/b20-19+,23-22+,28-26+,34-32+,35-33+,39-37+/t45-/m1/s1. The Balaban J connectivity index is 4.34. The Bertz CT molecular complexity index is 1160. The predicted molar refractivity (Wildman–Crippen MR) is 238 cm³/mol. The molecule has 10 heteroatoms. The summed E-state index contributed by atoms with van der Waals surface area (Å²) in [6, 6.07) is 0. The highest BCUT2D eigenvalue weighted by atomic mass is 31.2. The first kappa shape index (κ1) is 54.5. The van der Waals surface area contributed by atoms with Crippen molar-refractivity contribution in [1.82, 2.24) is 0 Å². The summed E-state index contributed by atoms with van der Waals surface area (Å²) in [6.45, 7) is 3.53. The van der Waals surface area contributed by atoms with Crippen molar-refractivity contribution in [2.75, 3.05) is 26.4 Å². The van der Waals surface area contributed by atoms with E-state index >= 15 is 0 Å². The normalized spacial score (nSPS) is 14.0. The zero-order valence-electron chi connectivity index (χ0n) is 36.0. The largest absolute Gasteiger partial charge is 0.472 e. The molecule has 328 valence electrons. The molecular weight excluding hydrogens is 737 g/mol. The van der Waals surface area contributed by atoms with Gasteiger partial charge in [0, 0.05) is 19.0 Å². The molecule has 0 aliphatic heterocycles. The molecule has 0 radical (unpaired) electrons. The van der Waals surface area contributed by atoms with Gasteiger partial charge in [0.05, 0.1) is 13.2 Å². The number of carbonyl (C=O) groups is 2. The summed E-state index contributed by atoms with van der Waals surface area (Å²) in [4.78, 5) is 34.7. The van der Waals surface area contributed by atoms with Crippen LogP contribution in [-0.2, 0) is 32.7 Å². The van der Waals surface area contributed by atoms with Gasteiger partial charge in [0.1, 0.15) is 6.61 Å². The summed E-state index contributed by atoms with van der Waals surface area (Å²) in [6.07, 6.45) is 52.9. The third-order valence-corrected chi connectivity index (χ3v) is 10.2. The van der Waals surface area contributed by atoms with Gasteiger partial charge in [0.15, 0.2) is 6.10 Å². The smallest absolute Gasteiger partial charge is 0.458 e. The number of esters is 2. The van der Waals surface area contributed by atoms with Crippen LogP contribution in [0.15, 0.2) is 72.9 Å². The minimum absolute atomic E-state index is 0.0314. The number of nitrogens with two attached hydrogens (primary N) is 1. The lowest BCUT2D eigenvalue weighted by Crippen LogP contribution is -2.29. The molecule has 0 aromatic heterocycles. The maximum Gasteiger partial charge on any atom is 0.472 e. The van der Waals surface area contributed by atoms with E-state index in [4.69, 9.17) is 24.3 Å². The molecule has 1 unspecified atom stereocenters. The summed E-state index contributed by atoms with van der Waals surface area (Å²) in [5.74, 6) is -1.15. The second kappa shape index (κ2) is 43.0. The second-order valence-electron chi connectivity index (χ2n) is 14.6. The number of allylic oxidation sites excluding steroid dienone is 11. The molecule has 0 aromatic carbocycles. The van der Waals surface area contributed by atoms with Crippen LogP contribution in [0.5, 0.6) is 0 Å². The molecule has 3 N–H and O–H groups in total. The van der Waals surface area contributed by atoms with E-state index in [1.165, 1.54) is 122 Å². The van der Waals surface area contributed by atoms with E-state index in [0.717, 1.165) is 32.1 Å². The van der Waals surface area contributed by atoms with Gasteiger partial charge in [0.25, 0.3) is 0 Å². The number of hydrogen-bond donors (Lipinski definition) is 2. The van der Waals surface area contributed by atoms with E-state index in [2.05, 4.69) is 56.4 Å². The zero-order valence-corrected chi connectivity index (χ0v) is 36.9. The van der Waals surface area contributed by atoms with Crippen molar-refractivity contribution < 1.29 is 37.6 Å². The van der Waals surface area contributed by atoms with E-state index in [9.17, 15) is 19.0 Å². The Morgan fingerprint density at radius 1 is 0.579 bits per heavy atom. The first-order valence-corrected chi connectivity index (χ1v) is 24.0. The fourth-order valence-corrected chi connectivity index (χ4v) is 6.60. The van der Waals surface area contributed by atoms with Gasteiger partial charge in [-0.05, 0) is 57.8 Å². The highest BCUT2D eigenvalue weighted by Crippen LogP contribution is 2.43. The monoisotopic (exact) mass is 820 g/mol. The molecule has 57 heavy (non-hydrogen) atoms. The predicted octanol–water partition coefficient (Wildman–Crippen LogP) is 13.1. The number of phosphoric ester groups is 1. The molecule has 0 saturated heterocycles. The Morgan fingerprint density at radius 3 is 1.54 bits per heavy atom. The van der Waals surface area contributed by atoms with Crippen LogP contribution >= 0.6 is 7.82 Å². The number of rotatable bonds is 41. The number of unbranched alkanes of at least 4 members (excludes halogenated alkanes) is 19. The quantitative estimate of drug-likeness (QED) is 0.0154. The maximum absolute atomic E-state index is 12.6. The van der Waals surface area contributed by atoms with Crippen molar-refractivity contribution in [3.63, 3.8) is 0 Å².